The van der Waals surface area contributed by atoms with Gasteiger partial charge in [0.1, 0.15) is 0 Å². The van der Waals surface area contributed by atoms with Gasteiger partial charge in [0.05, 0.1) is 12.2 Å². The van der Waals surface area contributed by atoms with E-state index in [4.69, 9.17) is 0 Å². The van der Waals surface area contributed by atoms with Gasteiger partial charge in [-0.1, -0.05) is 30.3 Å². The third kappa shape index (κ3) is 1.92. The standard InChI is InChI=1S/C10H8N2.C2H7N/c1-2-4-8(5-3-1)10-9-6-12(7-9)11-10;1-3-2/h1-6H,7H2;3H,1-2H3. The van der Waals surface area contributed by atoms with Crippen molar-refractivity contribution in [1.82, 2.24) is 15.1 Å². The highest BCUT2D eigenvalue weighted by Gasteiger charge is 2.18. The molecule has 78 valence electrons. The topological polar surface area (TPSA) is 29.9 Å². The number of nitrogens with zero attached hydrogens (tertiary/aromatic N) is 2. The molecule has 0 unspecified atom stereocenters. The fourth-order valence-electron chi connectivity index (χ4n) is 1.56. The Balaban J connectivity index is 0.000000258. The van der Waals surface area contributed by atoms with Crippen molar-refractivity contribution >= 4 is 0 Å². The van der Waals surface area contributed by atoms with Crippen LogP contribution < -0.4 is 5.32 Å². The van der Waals surface area contributed by atoms with E-state index in [0.717, 1.165) is 12.2 Å². The molecule has 3 heteroatoms. The molecule has 0 saturated carbocycles. The summed E-state index contributed by atoms with van der Waals surface area (Å²) in [5.41, 5.74) is 3.74. The molecule has 4 rings (SSSR count). The van der Waals surface area contributed by atoms with Crippen molar-refractivity contribution in [2.75, 3.05) is 14.1 Å². The van der Waals surface area contributed by atoms with Crippen molar-refractivity contribution in [3.05, 3.63) is 42.1 Å². The lowest BCUT2D eigenvalue weighted by atomic mass is 10.1. The van der Waals surface area contributed by atoms with Gasteiger partial charge in [-0.2, -0.15) is 5.10 Å². The molecule has 2 aliphatic rings. The Morgan fingerprint density at radius 1 is 1.20 bits per heavy atom. The van der Waals surface area contributed by atoms with E-state index in [2.05, 4.69) is 28.7 Å². The molecule has 2 aromatic rings. The number of rotatable bonds is 1. The summed E-state index contributed by atoms with van der Waals surface area (Å²) in [6.45, 7) is 1.00. The third-order valence-electron chi connectivity index (χ3n) is 2.22. The molecule has 0 aliphatic carbocycles. The van der Waals surface area contributed by atoms with Crippen molar-refractivity contribution in [2.24, 2.45) is 0 Å². The summed E-state index contributed by atoms with van der Waals surface area (Å²) >= 11 is 0. The van der Waals surface area contributed by atoms with E-state index in [1.165, 1.54) is 11.1 Å². The van der Waals surface area contributed by atoms with Crippen LogP contribution in [0.4, 0.5) is 0 Å². The van der Waals surface area contributed by atoms with Crippen LogP contribution in [0.2, 0.25) is 0 Å². The van der Waals surface area contributed by atoms with Crippen LogP contribution >= 0.6 is 0 Å². The van der Waals surface area contributed by atoms with Crippen LogP contribution in [0.3, 0.4) is 0 Å². The molecular formula is C12H15N3. The van der Waals surface area contributed by atoms with Crippen LogP contribution in [0, 0.1) is 0 Å². The first-order valence-corrected chi connectivity index (χ1v) is 5.05. The number of fused-ring (bicyclic) bond motifs is 1. The van der Waals surface area contributed by atoms with Gasteiger partial charge < -0.3 is 5.32 Å². The zero-order valence-electron chi connectivity index (χ0n) is 9.07. The minimum absolute atomic E-state index is 1.00. The number of hydrogen-bond acceptors (Lipinski definition) is 2. The molecule has 3 heterocycles. The highest BCUT2D eigenvalue weighted by atomic mass is 15.3. The van der Waals surface area contributed by atoms with E-state index in [-0.39, 0.29) is 0 Å². The maximum atomic E-state index is 4.39. The maximum Gasteiger partial charge on any atom is 0.0974 e. The van der Waals surface area contributed by atoms with Gasteiger partial charge in [0.15, 0.2) is 0 Å². The number of nitrogens with one attached hydrogen (secondary N) is 1. The Morgan fingerprint density at radius 2 is 1.80 bits per heavy atom. The second-order valence-corrected chi connectivity index (χ2v) is 3.57. The van der Waals surface area contributed by atoms with Crippen molar-refractivity contribution < 1.29 is 0 Å². The summed E-state index contributed by atoms with van der Waals surface area (Å²) < 4.78 is 1.97. The van der Waals surface area contributed by atoms with Gasteiger partial charge in [0, 0.05) is 17.3 Å². The highest BCUT2D eigenvalue weighted by molar-refractivity contribution is 5.64. The zero-order chi connectivity index (χ0) is 10.7. The van der Waals surface area contributed by atoms with Crippen molar-refractivity contribution in [3.63, 3.8) is 0 Å². The van der Waals surface area contributed by atoms with Gasteiger partial charge in [0.25, 0.3) is 0 Å². The molecule has 1 N–H and O–H groups in total. The van der Waals surface area contributed by atoms with E-state index in [1.807, 2.05) is 37.0 Å². The second kappa shape index (κ2) is 4.28. The number of hydrogen-bond donors (Lipinski definition) is 1. The van der Waals surface area contributed by atoms with Crippen LogP contribution in [-0.4, -0.2) is 23.9 Å². The first kappa shape index (κ1) is 9.93. The van der Waals surface area contributed by atoms with E-state index >= 15 is 0 Å². The largest absolute Gasteiger partial charge is 0.323 e. The van der Waals surface area contributed by atoms with Gasteiger partial charge in [-0.05, 0) is 14.1 Å². The lowest BCUT2D eigenvalue weighted by molar-refractivity contribution is 0.661. The van der Waals surface area contributed by atoms with E-state index in [0.29, 0.717) is 0 Å². The predicted molar refractivity (Wildman–Crippen MR) is 61.7 cm³/mol. The number of benzene rings is 1. The molecule has 2 bridgehead atoms. The molecule has 15 heavy (non-hydrogen) atoms. The molecule has 3 nitrogen and oxygen atoms in total. The Hall–Kier alpha value is -1.61. The molecule has 1 aromatic carbocycles. The van der Waals surface area contributed by atoms with Crippen LogP contribution in [0.25, 0.3) is 11.3 Å². The lowest BCUT2D eigenvalue weighted by Gasteiger charge is -2.03. The normalized spacial score (nSPS) is 11.3. The molecule has 0 saturated heterocycles. The van der Waals surface area contributed by atoms with E-state index < -0.39 is 0 Å². The summed E-state index contributed by atoms with van der Waals surface area (Å²) in [4.78, 5) is 0. The quantitative estimate of drug-likeness (QED) is 0.650. The van der Waals surface area contributed by atoms with Gasteiger partial charge in [-0.25, -0.2) is 0 Å². The lowest BCUT2D eigenvalue weighted by Crippen LogP contribution is -2.03. The minimum Gasteiger partial charge on any atom is -0.323 e. The Labute approximate surface area is 89.7 Å². The molecule has 0 radical (unpaired) electrons. The summed E-state index contributed by atoms with van der Waals surface area (Å²) in [5.74, 6) is 0. The van der Waals surface area contributed by atoms with E-state index in [9.17, 15) is 0 Å². The van der Waals surface area contributed by atoms with Crippen molar-refractivity contribution in [2.45, 2.75) is 6.54 Å². The maximum absolute atomic E-state index is 4.39. The predicted octanol–water partition coefficient (Wildman–Crippen LogP) is 1.75. The van der Waals surface area contributed by atoms with Crippen LogP contribution in [0.15, 0.2) is 36.5 Å². The number of aromatic nitrogens is 2. The smallest absolute Gasteiger partial charge is 0.0974 e. The van der Waals surface area contributed by atoms with Gasteiger partial charge >= 0.3 is 0 Å². The van der Waals surface area contributed by atoms with E-state index in [1.54, 1.807) is 0 Å². The average molecular weight is 201 g/mol. The van der Waals surface area contributed by atoms with Crippen molar-refractivity contribution in [3.8, 4) is 11.3 Å². The molecule has 1 aromatic heterocycles. The zero-order valence-corrected chi connectivity index (χ0v) is 9.07. The summed E-state index contributed by atoms with van der Waals surface area (Å²) in [7, 11) is 3.75. The molecule has 0 spiro atoms. The molecular weight excluding hydrogens is 186 g/mol. The SMILES string of the molecule is CNC.c1ccc(-c2nn3cc2C3)cc1. The highest BCUT2D eigenvalue weighted by Crippen LogP contribution is 2.27. The molecule has 0 amide bonds. The minimum atomic E-state index is 1.00. The van der Waals surface area contributed by atoms with Crippen molar-refractivity contribution in [1.29, 1.82) is 0 Å². The Bertz CT molecular complexity index is 431. The third-order valence-corrected chi connectivity index (χ3v) is 2.22. The van der Waals surface area contributed by atoms with Gasteiger partial charge in [-0.15, -0.1) is 0 Å². The van der Waals surface area contributed by atoms with Crippen LogP contribution in [0.5, 0.6) is 0 Å². The van der Waals surface area contributed by atoms with Gasteiger partial charge in [-0.3, -0.25) is 4.68 Å². The molecule has 0 atom stereocenters. The first-order valence-electron chi connectivity index (χ1n) is 5.05. The molecule has 2 aliphatic heterocycles. The summed E-state index contributed by atoms with van der Waals surface area (Å²) in [5, 5.41) is 7.14. The van der Waals surface area contributed by atoms with Gasteiger partial charge in [0.2, 0.25) is 0 Å². The summed E-state index contributed by atoms with van der Waals surface area (Å²) in [6.07, 6.45) is 2.09. The molecule has 0 fully saturated rings. The first-order chi connectivity index (χ1) is 7.35. The van der Waals surface area contributed by atoms with Crippen LogP contribution in [0.1, 0.15) is 5.56 Å². The Kier molecular flexibility index (Phi) is 2.83. The monoisotopic (exact) mass is 201 g/mol. The van der Waals surface area contributed by atoms with Crippen LogP contribution in [-0.2, 0) is 6.54 Å². The average Bonchev–Trinajstić information content (AvgIpc) is 2.78. The fraction of sp³-hybridized carbons (Fsp3) is 0.250. The Morgan fingerprint density at radius 3 is 2.27 bits per heavy atom. The fourth-order valence-corrected chi connectivity index (χ4v) is 1.56. The summed E-state index contributed by atoms with van der Waals surface area (Å²) in [6, 6.07) is 10.3. The second-order valence-electron chi connectivity index (χ2n) is 3.57.